The van der Waals surface area contributed by atoms with Gasteiger partial charge in [-0.1, -0.05) is 6.08 Å². The summed E-state index contributed by atoms with van der Waals surface area (Å²) in [5.41, 5.74) is -5.70. The van der Waals surface area contributed by atoms with Gasteiger partial charge in [0.05, 0.1) is 28.7 Å². The average molecular weight is 352 g/mol. The van der Waals surface area contributed by atoms with E-state index in [2.05, 4.69) is 0 Å². The molecule has 1 aliphatic rings. The molecular weight excluding hydrogens is 350 g/mol. The lowest BCUT2D eigenvalue weighted by atomic mass is 9.90. The fourth-order valence-electron chi connectivity index (χ4n) is 1.79. The van der Waals surface area contributed by atoms with Crippen LogP contribution in [0.4, 0.5) is 43.9 Å². The molecule has 0 aromatic heterocycles. The van der Waals surface area contributed by atoms with Gasteiger partial charge < -0.3 is 0 Å². The first-order valence-electron chi connectivity index (χ1n) is 5.29. The lowest BCUT2D eigenvalue weighted by Gasteiger charge is -2.31. The van der Waals surface area contributed by atoms with E-state index in [0.29, 0.717) is 6.07 Å². The van der Waals surface area contributed by atoms with Crippen molar-refractivity contribution in [1.29, 1.82) is 10.5 Å². The number of rotatable bonds is 2. The van der Waals surface area contributed by atoms with Crippen LogP contribution in [0.2, 0.25) is 0 Å². The van der Waals surface area contributed by atoms with E-state index >= 15 is 0 Å². The molecule has 0 amide bonds. The highest BCUT2D eigenvalue weighted by Crippen LogP contribution is 2.55. The molecular formula is C11H2F10N2. The van der Waals surface area contributed by atoms with Crippen LogP contribution in [0.5, 0.6) is 0 Å². The highest BCUT2D eigenvalue weighted by atomic mass is 19.4. The molecule has 0 aliphatic heterocycles. The number of halogens is 10. The summed E-state index contributed by atoms with van der Waals surface area (Å²) in [6.07, 6.45) is -12.9. The third kappa shape index (κ3) is 2.73. The summed E-state index contributed by atoms with van der Waals surface area (Å²) in [4.78, 5) is 0. The number of hydrogen-bond acceptors (Lipinski definition) is 2. The van der Waals surface area contributed by atoms with Gasteiger partial charge in [0.2, 0.25) is 0 Å². The second-order valence-corrected chi connectivity index (χ2v) is 4.26. The number of nitriles is 2. The molecule has 2 nitrogen and oxygen atoms in total. The lowest BCUT2D eigenvalue weighted by Crippen LogP contribution is -2.55. The second-order valence-electron chi connectivity index (χ2n) is 4.26. The molecule has 23 heavy (non-hydrogen) atoms. The maximum Gasteiger partial charge on any atom is 0.459 e. The van der Waals surface area contributed by atoms with Gasteiger partial charge in [-0.25, -0.2) is 0 Å². The minimum Gasteiger partial charge on any atom is -0.198 e. The summed E-state index contributed by atoms with van der Waals surface area (Å²) in [5, 5.41) is 17.0. The fraction of sp³-hybridized carbons (Fsp3) is 0.455. The first-order valence-corrected chi connectivity index (χ1v) is 5.29. The van der Waals surface area contributed by atoms with Crippen LogP contribution in [0, 0.1) is 28.6 Å². The Morgan fingerprint density at radius 3 is 1.61 bits per heavy atom. The maximum absolute atomic E-state index is 13.5. The Morgan fingerprint density at radius 2 is 1.30 bits per heavy atom. The molecule has 0 fully saturated rings. The largest absolute Gasteiger partial charge is 0.459 e. The van der Waals surface area contributed by atoms with Gasteiger partial charge in [-0.15, -0.1) is 0 Å². The van der Waals surface area contributed by atoms with Gasteiger partial charge in [0, 0.05) is 0 Å². The van der Waals surface area contributed by atoms with Crippen molar-refractivity contribution in [2.24, 2.45) is 5.92 Å². The first kappa shape index (κ1) is 18.8. The quantitative estimate of drug-likeness (QED) is 0.697. The molecule has 0 radical (unpaired) electrons. The van der Waals surface area contributed by atoms with E-state index in [1.165, 1.54) is 0 Å². The van der Waals surface area contributed by atoms with Gasteiger partial charge in [-0.2, -0.15) is 54.4 Å². The molecule has 0 saturated heterocycles. The summed E-state index contributed by atoms with van der Waals surface area (Å²) in [5.74, 6) is -16.4. The van der Waals surface area contributed by atoms with Crippen molar-refractivity contribution in [3.8, 4) is 12.1 Å². The third-order valence-corrected chi connectivity index (χ3v) is 2.89. The molecule has 0 aromatic carbocycles. The zero-order valence-corrected chi connectivity index (χ0v) is 10.3. The van der Waals surface area contributed by atoms with Gasteiger partial charge in [0.15, 0.2) is 0 Å². The summed E-state index contributed by atoms with van der Waals surface area (Å²) in [6, 6.07) is 1.39. The van der Waals surface area contributed by atoms with Gasteiger partial charge >= 0.3 is 24.2 Å². The Morgan fingerprint density at radius 1 is 0.826 bits per heavy atom. The molecule has 12 heteroatoms. The van der Waals surface area contributed by atoms with Gasteiger partial charge in [0.25, 0.3) is 0 Å². The van der Waals surface area contributed by atoms with Crippen molar-refractivity contribution in [3.63, 3.8) is 0 Å². The van der Waals surface area contributed by atoms with Crippen LogP contribution in [0.15, 0.2) is 22.8 Å². The van der Waals surface area contributed by atoms with E-state index in [1.807, 2.05) is 0 Å². The Labute approximate surface area is 120 Å². The highest BCUT2D eigenvalue weighted by molar-refractivity contribution is 5.60. The van der Waals surface area contributed by atoms with Crippen molar-refractivity contribution >= 4 is 0 Å². The smallest absolute Gasteiger partial charge is 0.198 e. The molecule has 1 atom stereocenters. The molecule has 126 valence electrons. The molecule has 0 bridgehead atoms. The Kier molecular flexibility index (Phi) is 4.21. The Balaban J connectivity index is 3.61. The van der Waals surface area contributed by atoms with Crippen molar-refractivity contribution in [2.75, 3.05) is 0 Å². The van der Waals surface area contributed by atoms with Crippen molar-refractivity contribution in [2.45, 2.75) is 24.2 Å². The van der Waals surface area contributed by atoms with E-state index < -0.39 is 52.9 Å². The Bertz CT molecular complexity index is 650. The summed E-state index contributed by atoms with van der Waals surface area (Å²) in [6.45, 7) is 0. The Hall–Kier alpha value is -2.24. The SMILES string of the molecule is N#CC1=C(C#N)C(C(F)(F)C(F)(F)C(F)(F)F)C=C1C(F)(F)F. The third-order valence-electron chi connectivity index (χ3n) is 2.89. The van der Waals surface area contributed by atoms with E-state index in [9.17, 15) is 43.9 Å². The predicted octanol–water partition coefficient (Wildman–Crippen LogP) is 4.28. The van der Waals surface area contributed by atoms with Gasteiger partial charge in [-0.05, 0) is 0 Å². The summed E-state index contributed by atoms with van der Waals surface area (Å²) >= 11 is 0. The number of nitrogens with zero attached hydrogens (tertiary/aromatic N) is 2. The van der Waals surface area contributed by atoms with Crippen LogP contribution in [0.1, 0.15) is 0 Å². The van der Waals surface area contributed by atoms with E-state index in [-0.39, 0.29) is 0 Å². The van der Waals surface area contributed by atoms with Crippen molar-refractivity contribution in [3.05, 3.63) is 22.8 Å². The van der Waals surface area contributed by atoms with Crippen LogP contribution in [-0.2, 0) is 0 Å². The predicted molar refractivity (Wildman–Crippen MR) is 51.8 cm³/mol. The summed E-state index contributed by atoms with van der Waals surface area (Å²) in [7, 11) is 0. The molecule has 0 heterocycles. The molecule has 1 unspecified atom stereocenters. The van der Waals surface area contributed by atoms with E-state index in [4.69, 9.17) is 10.5 Å². The van der Waals surface area contributed by atoms with Crippen LogP contribution >= 0.6 is 0 Å². The standard InChI is InChI=1S/C11H2F10N2/c12-8(13,10(17,18)11(19,20)21)6-1-7(9(14,15)16)5(3-23)4(6)2-22/h1,6H. The van der Waals surface area contributed by atoms with E-state index in [0.717, 1.165) is 6.07 Å². The second kappa shape index (κ2) is 5.15. The number of alkyl halides is 10. The maximum atomic E-state index is 13.5. The van der Waals surface area contributed by atoms with E-state index in [1.54, 1.807) is 0 Å². The molecule has 0 spiro atoms. The topological polar surface area (TPSA) is 47.6 Å². The van der Waals surface area contributed by atoms with Crippen LogP contribution in [-0.4, -0.2) is 24.2 Å². The molecule has 0 aromatic rings. The van der Waals surface area contributed by atoms with Crippen LogP contribution in [0.25, 0.3) is 0 Å². The normalized spacial score (nSPS) is 20.2. The average Bonchev–Trinajstić information content (AvgIpc) is 2.75. The van der Waals surface area contributed by atoms with Crippen molar-refractivity contribution in [1.82, 2.24) is 0 Å². The minimum atomic E-state index is -6.78. The van der Waals surface area contributed by atoms with Crippen molar-refractivity contribution < 1.29 is 43.9 Å². The number of hydrogen-bond donors (Lipinski definition) is 0. The van der Waals surface area contributed by atoms with Crippen LogP contribution in [0.3, 0.4) is 0 Å². The minimum absolute atomic E-state index is 0.670. The van der Waals surface area contributed by atoms with Crippen LogP contribution < -0.4 is 0 Å². The fourth-order valence-corrected chi connectivity index (χ4v) is 1.79. The summed E-state index contributed by atoms with van der Waals surface area (Å²) < 4.78 is 127. The zero-order valence-electron chi connectivity index (χ0n) is 10.3. The molecule has 1 aliphatic carbocycles. The zero-order chi connectivity index (χ0) is 18.4. The molecule has 0 N–H and O–H groups in total. The molecule has 0 saturated carbocycles. The van der Waals surface area contributed by atoms with Gasteiger partial charge in [-0.3, -0.25) is 0 Å². The first-order chi connectivity index (χ1) is 10.1. The lowest BCUT2D eigenvalue weighted by molar-refractivity contribution is -0.360. The highest BCUT2D eigenvalue weighted by Gasteiger charge is 2.76. The number of allylic oxidation sites excluding steroid dienone is 4. The monoisotopic (exact) mass is 352 g/mol. The van der Waals surface area contributed by atoms with Gasteiger partial charge in [0.1, 0.15) is 6.07 Å². The molecule has 1 rings (SSSR count).